The number of nitrogens with zero attached hydrogens (tertiary/aromatic N) is 5. The lowest BCUT2D eigenvalue weighted by molar-refractivity contribution is -0.130. The number of nitrogens with one attached hydrogen (secondary N) is 2. The van der Waals surface area contributed by atoms with Crippen molar-refractivity contribution >= 4 is 11.8 Å². The van der Waals surface area contributed by atoms with Crippen LogP contribution in [0.15, 0.2) is 73.2 Å². The molecule has 42 heavy (non-hydrogen) atoms. The first-order valence-corrected chi connectivity index (χ1v) is 14.1. The maximum Gasteiger partial charge on any atom is 0.242 e. The van der Waals surface area contributed by atoms with Crippen LogP contribution in [0.2, 0.25) is 0 Å². The summed E-state index contributed by atoms with van der Waals surface area (Å²) in [6.45, 7) is 6.01. The lowest BCUT2D eigenvalue weighted by Gasteiger charge is -2.26. The molecule has 2 N–H and O–H groups in total. The zero-order valence-electron chi connectivity index (χ0n) is 24.2. The zero-order valence-corrected chi connectivity index (χ0v) is 24.2. The van der Waals surface area contributed by atoms with Crippen molar-refractivity contribution < 1.29 is 19.1 Å². The number of para-hydroxylation sites is 1. The Morgan fingerprint density at radius 3 is 2.69 bits per heavy atom. The smallest absolute Gasteiger partial charge is 0.242 e. The number of ether oxygens (including phenoxy) is 2. The highest BCUT2D eigenvalue weighted by Crippen LogP contribution is 2.32. The van der Waals surface area contributed by atoms with Crippen LogP contribution < -0.4 is 20.1 Å². The fourth-order valence-electron chi connectivity index (χ4n) is 5.03. The van der Waals surface area contributed by atoms with E-state index >= 15 is 0 Å². The molecular weight excluding hydrogens is 534 g/mol. The summed E-state index contributed by atoms with van der Waals surface area (Å²) in [5, 5.41) is 10.4. The Labute approximate surface area is 245 Å². The number of aromatic nitrogens is 4. The van der Waals surface area contributed by atoms with E-state index in [0.717, 1.165) is 22.8 Å². The van der Waals surface area contributed by atoms with Crippen LogP contribution in [-0.4, -0.2) is 75.4 Å². The van der Waals surface area contributed by atoms with Crippen LogP contribution in [0, 0.1) is 5.92 Å². The Morgan fingerprint density at radius 2 is 1.90 bits per heavy atom. The summed E-state index contributed by atoms with van der Waals surface area (Å²) in [7, 11) is 1.60. The van der Waals surface area contributed by atoms with Gasteiger partial charge >= 0.3 is 0 Å². The number of fused-ring (bicyclic) bond motifs is 4. The molecule has 0 aliphatic carbocycles. The second-order valence-electron chi connectivity index (χ2n) is 10.5. The number of hydrogen-bond donors (Lipinski definition) is 2. The van der Waals surface area contributed by atoms with Gasteiger partial charge in [-0.2, -0.15) is 5.10 Å². The van der Waals surface area contributed by atoms with E-state index in [4.69, 9.17) is 9.47 Å². The van der Waals surface area contributed by atoms with Crippen LogP contribution in [0.3, 0.4) is 0 Å². The molecule has 1 aliphatic rings. The molecular formula is C31H37N7O4. The number of amides is 2. The summed E-state index contributed by atoms with van der Waals surface area (Å²) >= 11 is 0. The maximum atomic E-state index is 13.3. The van der Waals surface area contributed by atoms with Gasteiger partial charge in [-0.25, -0.2) is 9.67 Å². The Morgan fingerprint density at radius 1 is 1.07 bits per heavy atom. The minimum absolute atomic E-state index is 0.0758. The van der Waals surface area contributed by atoms with E-state index in [0.29, 0.717) is 44.3 Å². The van der Waals surface area contributed by atoms with Crippen molar-refractivity contribution in [3.63, 3.8) is 0 Å². The summed E-state index contributed by atoms with van der Waals surface area (Å²) in [5.41, 5.74) is 2.72. The molecule has 3 heterocycles. The summed E-state index contributed by atoms with van der Waals surface area (Å²) in [6, 6.07) is 16.8. The monoisotopic (exact) mass is 571 g/mol. The van der Waals surface area contributed by atoms with Gasteiger partial charge < -0.3 is 24.7 Å². The highest BCUT2D eigenvalue weighted by Gasteiger charge is 2.25. The van der Waals surface area contributed by atoms with E-state index in [1.807, 2.05) is 88.8 Å². The lowest BCUT2D eigenvalue weighted by atomic mass is 10.0. The lowest BCUT2D eigenvalue weighted by Crippen LogP contribution is -2.52. The van der Waals surface area contributed by atoms with E-state index in [9.17, 15) is 9.59 Å². The predicted molar refractivity (Wildman–Crippen MR) is 158 cm³/mol. The Kier molecular flexibility index (Phi) is 9.18. The topological polar surface area (TPSA) is 116 Å². The Bertz CT molecular complexity index is 1500. The summed E-state index contributed by atoms with van der Waals surface area (Å²) in [5.74, 6) is 1.40. The molecule has 0 spiro atoms. The van der Waals surface area contributed by atoms with E-state index in [1.165, 1.54) is 0 Å². The fraction of sp³-hybridized carbons (Fsp3) is 0.355. The molecule has 0 saturated heterocycles. The van der Waals surface area contributed by atoms with Crippen LogP contribution in [0.5, 0.6) is 11.5 Å². The molecule has 1 aliphatic heterocycles. The number of methoxy groups -OCH3 is 1. The zero-order chi connectivity index (χ0) is 29.5. The molecule has 0 radical (unpaired) electrons. The number of rotatable bonds is 5. The van der Waals surface area contributed by atoms with Crippen LogP contribution >= 0.6 is 0 Å². The van der Waals surface area contributed by atoms with E-state index < -0.39 is 6.04 Å². The van der Waals surface area contributed by atoms with Crippen LogP contribution in [0.4, 0.5) is 0 Å². The van der Waals surface area contributed by atoms with Crippen LogP contribution in [0.1, 0.15) is 19.5 Å². The molecule has 1 atom stereocenters. The molecule has 2 bridgehead atoms. The summed E-state index contributed by atoms with van der Waals surface area (Å²) in [4.78, 5) is 33.0. The molecule has 11 nitrogen and oxygen atoms in total. The third-order valence-electron chi connectivity index (χ3n) is 7.19. The Balaban J connectivity index is 1.44. The quantitative estimate of drug-likeness (QED) is 0.379. The highest BCUT2D eigenvalue weighted by atomic mass is 16.5. The van der Waals surface area contributed by atoms with Crippen LogP contribution in [-0.2, 0) is 22.7 Å². The predicted octanol–water partition coefficient (Wildman–Crippen LogP) is 2.90. The standard InChI is InChI=1S/C31H37N7O4/c1-22(2)29-31(40)33-14-16-37-15-13-32-30(37)23-9-10-26(41-3)27(19-23)42-18-17-36(21-28(39)35-29)20-25-11-12-34-38(25)24-7-5-4-6-8-24/h4-13,15,19,22,29H,14,16-18,20-21H2,1-3H3,(H,33,40)(H,35,39)/t29-/m1/s1. The van der Waals surface area contributed by atoms with Crippen molar-refractivity contribution in [3.05, 3.63) is 78.9 Å². The summed E-state index contributed by atoms with van der Waals surface area (Å²) < 4.78 is 15.6. The van der Waals surface area contributed by atoms with Gasteiger partial charge in [-0.3, -0.25) is 14.5 Å². The van der Waals surface area contributed by atoms with Gasteiger partial charge in [0, 0.05) is 50.3 Å². The number of hydrogen-bond acceptors (Lipinski definition) is 7. The van der Waals surface area contributed by atoms with Crippen molar-refractivity contribution in [1.29, 1.82) is 0 Å². The minimum atomic E-state index is -0.664. The Hall–Kier alpha value is -4.64. The molecule has 0 unspecified atom stereocenters. The molecule has 2 aromatic carbocycles. The first-order chi connectivity index (χ1) is 20.4. The SMILES string of the molecule is COc1ccc2cc1OCCN(Cc1ccnn1-c1ccccc1)CC(=O)N[C@H](C(C)C)C(=O)NCCn1ccnc1-2. The van der Waals surface area contributed by atoms with Gasteiger partial charge in [-0.15, -0.1) is 0 Å². The third-order valence-corrected chi connectivity index (χ3v) is 7.19. The molecule has 220 valence electrons. The number of imidazole rings is 1. The van der Waals surface area contributed by atoms with Gasteiger partial charge in [0.2, 0.25) is 11.8 Å². The number of carbonyl (C=O) groups excluding carboxylic acids is 2. The van der Waals surface area contributed by atoms with Gasteiger partial charge in [0.1, 0.15) is 18.5 Å². The second-order valence-corrected chi connectivity index (χ2v) is 10.5. The van der Waals surface area contributed by atoms with E-state index in [1.54, 1.807) is 19.5 Å². The minimum Gasteiger partial charge on any atom is -0.493 e. The van der Waals surface area contributed by atoms with Crippen molar-refractivity contribution in [2.45, 2.75) is 33.0 Å². The average Bonchev–Trinajstić information content (AvgIpc) is 3.65. The maximum absolute atomic E-state index is 13.3. The van der Waals surface area contributed by atoms with Gasteiger partial charge in [0.05, 0.1) is 25.0 Å². The first-order valence-electron chi connectivity index (χ1n) is 14.1. The molecule has 5 rings (SSSR count). The molecule has 0 saturated carbocycles. The van der Waals surface area contributed by atoms with Gasteiger partial charge in [-0.05, 0) is 42.3 Å². The van der Waals surface area contributed by atoms with Crippen molar-refractivity contribution in [3.8, 4) is 28.6 Å². The third kappa shape index (κ3) is 6.80. The normalized spacial score (nSPS) is 17.1. The van der Waals surface area contributed by atoms with Crippen molar-refractivity contribution in [2.24, 2.45) is 5.92 Å². The van der Waals surface area contributed by atoms with Gasteiger partial charge in [0.25, 0.3) is 0 Å². The average molecular weight is 572 g/mol. The molecule has 2 amide bonds. The molecule has 0 fully saturated rings. The molecule has 4 aromatic rings. The molecule has 2 aromatic heterocycles. The van der Waals surface area contributed by atoms with Crippen molar-refractivity contribution in [2.75, 3.05) is 33.4 Å². The van der Waals surface area contributed by atoms with Gasteiger partial charge in [-0.1, -0.05) is 32.0 Å². The number of carbonyl (C=O) groups is 2. The second kappa shape index (κ2) is 13.3. The fourth-order valence-corrected chi connectivity index (χ4v) is 5.03. The van der Waals surface area contributed by atoms with Gasteiger partial charge in [0.15, 0.2) is 11.5 Å². The van der Waals surface area contributed by atoms with E-state index in [2.05, 4.69) is 20.7 Å². The van der Waals surface area contributed by atoms with E-state index in [-0.39, 0.29) is 24.3 Å². The largest absolute Gasteiger partial charge is 0.493 e. The first kappa shape index (κ1) is 28.9. The van der Waals surface area contributed by atoms with Crippen LogP contribution in [0.25, 0.3) is 17.1 Å². The summed E-state index contributed by atoms with van der Waals surface area (Å²) in [6.07, 6.45) is 5.35. The number of benzene rings is 2. The highest BCUT2D eigenvalue weighted by molar-refractivity contribution is 5.88. The molecule has 11 heteroatoms. The van der Waals surface area contributed by atoms with Crippen molar-refractivity contribution in [1.82, 2.24) is 34.9 Å².